The van der Waals surface area contributed by atoms with Crippen LogP contribution in [0.25, 0.3) is 6.08 Å². The summed E-state index contributed by atoms with van der Waals surface area (Å²) in [6.07, 6.45) is 2.05. The molecule has 1 aromatic rings. The van der Waals surface area contributed by atoms with E-state index in [-0.39, 0.29) is 0 Å². The Bertz CT molecular complexity index is 456. The molecule has 1 aromatic carbocycles. The molecule has 0 aromatic heterocycles. The lowest BCUT2D eigenvalue weighted by Crippen LogP contribution is -2.08. The van der Waals surface area contributed by atoms with Gasteiger partial charge in [0.1, 0.15) is 0 Å². The van der Waals surface area contributed by atoms with Gasteiger partial charge in [-0.3, -0.25) is 0 Å². The first kappa shape index (κ1) is 15.9. The smallest absolute Gasteiger partial charge is 0.179 e. The first-order valence-corrected chi connectivity index (χ1v) is 6.82. The Morgan fingerprint density at radius 2 is 2.11 bits per heavy atom. The van der Waals surface area contributed by atoms with Crippen molar-refractivity contribution in [3.63, 3.8) is 0 Å². The molecule has 0 amide bonds. The van der Waals surface area contributed by atoms with Gasteiger partial charge in [-0.05, 0) is 30.5 Å². The van der Waals surface area contributed by atoms with Crippen molar-refractivity contribution in [2.75, 3.05) is 20.3 Å². The number of methoxy groups -OCH3 is 1. The molecule has 0 atom stereocenters. The molecule has 0 unspecified atom stereocenters. The van der Waals surface area contributed by atoms with Gasteiger partial charge in [0.2, 0.25) is 0 Å². The van der Waals surface area contributed by atoms with Gasteiger partial charge in [-0.25, -0.2) is 0 Å². The van der Waals surface area contributed by atoms with E-state index in [0.29, 0.717) is 35.6 Å². The minimum Gasteiger partial charge on any atom is -0.491 e. The van der Waals surface area contributed by atoms with Gasteiger partial charge in [0.25, 0.3) is 0 Å². The van der Waals surface area contributed by atoms with Gasteiger partial charge >= 0.3 is 0 Å². The van der Waals surface area contributed by atoms with Crippen molar-refractivity contribution in [2.24, 2.45) is 11.7 Å². The van der Waals surface area contributed by atoms with Crippen molar-refractivity contribution in [2.45, 2.75) is 20.8 Å². The minimum atomic E-state index is 0.404. The second-order valence-electron chi connectivity index (χ2n) is 4.55. The SMILES string of the molecule is CCOc1cc(C=C(CN)C(C)C)cc(Cl)c1OC. The average Bonchev–Trinajstić information content (AvgIpc) is 2.35. The summed E-state index contributed by atoms with van der Waals surface area (Å²) in [5.74, 6) is 1.63. The lowest BCUT2D eigenvalue weighted by Gasteiger charge is -2.13. The third-order valence-electron chi connectivity index (χ3n) is 2.87. The summed E-state index contributed by atoms with van der Waals surface area (Å²) in [5.41, 5.74) is 7.90. The highest BCUT2D eigenvalue weighted by Crippen LogP contribution is 2.37. The van der Waals surface area contributed by atoms with Crippen LogP contribution in [0.1, 0.15) is 26.3 Å². The van der Waals surface area contributed by atoms with Crippen LogP contribution in [0.15, 0.2) is 17.7 Å². The van der Waals surface area contributed by atoms with Crippen LogP contribution in [0, 0.1) is 5.92 Å². The molecule has 0 aliphatic heterocycles. The number of benzene rings is 1. The average molecular weight is 284 g/mol. The fraction of sp³-hybridized carbons (Fsp3) is 0.467. The van der Waals surface area contributed by atoms with E-state index in [2.05, 4.69) is 19.9 Å². The molecule has 4 heteroatoms. The van der Waals surface area contributed by atoms with E-state index in [0.717, 1.165) is 5.56 Å². The number of rotatable bonds is 6. The second-order valence-corrected chi connectivity index (χ2v) is 4.95. The Morgan fingerprint density at radius 3 is 2.58 bits per heavy atom. The predicted octanol–water partition coefficient (Wildman–Crippen LogP) is 3.75. The number of nitrogens with two attached hydrogens (primary N) is 1. The van der Waals surface area contributed by atoms with Gasteiger partial charge in [0.15, 0.2) is 11.5 Å². The third kappa shape index (κ3) is 4.15. The molecule has 0 spiro atoms. The van der Waals surface area contributed by atoms with Gasteiger partial charge in [-0.15, -0.1) is 0 Å². The standard InChI is InChI=1S/C15H22ClNO2/c1-5-19-14-8-11(6-12(9-17)10(2)3)7-13(16)15(14)18-4/h6-8,10H,5,9,17H2,1-4H3. The number of halogens is 1. The molecule has 19 heavy (non-hydrogen) atoms. The maximum Gasteiger partial charge on any atom is 0.179 e. The van der Waals surface area contributed by atoms with E-state index in [1.165, 1.54) is 5.57 Å². The van der Waals surface area contributed by atoms with Crippen LogP contribution in [0.5, 0.6) is 11.5 Å². The highest BCUT2D eigenvalue weighted by molar-refractivity contribution is 6.32. The fourth-order valence-electron chi connectivity index (χ4n) is 1.81. The molecular formula is C15H22ClNO2. The van der Waals surface area contributed by atoms with Crippen molar-refractivity contribution in [1.82, 2.24) is 0 Å². The van der Waals surface area contributed by atoms with Gasteiger partial charge < -0.3 is 15.2 Å². The van der Waals surface area contributed by atoms with Crippen LogP contribution in [-0.2, 0) is 0 Å². The van der Waals surface area contributed by atoms with Crippen molar-refractivity contribution >= 4 is 17.7 Å². The van der Waals surface area contributed by atoms with Crippen LogP contribution in [-0.4, -0.2) is 20.3 Å². The monoisotopic (exact) mass is 283 g/mol. The fourth-order valence-corrected chi connectivity index (χ4v) is 2.10. The van der Waals surface area contributed by atoms with Crippen molar-refractivity contribution in [3.05, 3.63) is 28.3 Å². The Morgan fingerprint density at radius 1 is 1.42 bits per heavy atom. The van der Waals surface area contributed by atoms with E-state index in [4.69, 9.17) is 26.8 Å². The van der Waals surface area contributed by atoms with Crippen LogP contribution < -0.4 is 15.2 Å². The first-order chi connectivity index (χ1) is 9.03. The van der Waals surface area contributed by atoms with Gasteiger partial charge in [0, 0.05) is 6.54 Å². The zero-order chi connectivity index (χ0) is 14.4. The molecule has 0 saturated heterocycles. The molecule has 0 aliphatic carbocycles. The molecule has 0 radical (unpaired) electrons. The highest BCUT2D eigenvalue weighted by Gasteiger charge is 2.11. The molecule has 1 rings (SSSR count). The molecule has 2 N–H and O–H groups in total. The van der Waals surface area contributed by atoms with E-state index in [1.807, 2.05) is 19.1 Å². The van der Waals surface area contributed by atoms with Crippen molar-refractivity contribution < 1.29 is 9.47 Å². The lowest BCUT2D eigenvalue weighted by molar-refractivity contribution is 0.311. The summed E-state index contributed by atoms with van der Waals surface area (Å²) in [4.78, 5) is 0. The summed E-state index contributed by atoms with van der Waals surface area (Å²) in [7, 11) is 1.58. The maximum atomic E-state index is 6.21. The lowest BCUT2D eigenvalue weighted by atomic mass is 10.0. The van der Waals surface area contributed by atoms with Gasteiger partial charge in [-0.1, -0.05) is 37.1 Å². The minimum absolute atomic E-state index is 0.404. The molecule has 3 nitrogen and oxygen atoms in total. The molecule has 0 heterocycles. The Labute approximate surface area is 120 Å². The predicted molar refractivity (Wildman–Crippen MR) is 81.0 cm³/mol. The van der Waals surface area contributed by atoms with Crippen molar-refractivity contribution in [3.8, 4) is 11.5 Å². The van der Waals surface area contributed by atoms with E-state index in [1.54, 1.807) is 7.11 Å². The van der Waals surface area contributed by atoms with Crippen LogP contribution in [0.2, 0.25) is 5.02 Å². The van der Waals surface area contributed by atoms with Crippen LogP contribution in [0.3, 0.4) is 0 Å². The molecule has 0 aliphatic rings. The summed E-state index contributed by atoms with van der Waals surface area (Å²) in [6.45, 7) is 7.26. The Hall–Kier alpha value is -1.19. The van der Waals surface area contributed by atoms with E-state index in [9.17, 15) is 0 Å². The zero-order valence-electron chi connectivity index (χ0n) is 12.0. The van der Waals surface area contributed by atoms with Crippen LogP contribution >= 0.6 is 11.6 Å². The van der Waals surface area contributed by atoms with Gasteiger partial charge in [0.05, 0.1) is 18.7 Å². The first-order valence-electron chi connectivity index (χ1n) is 6.44. The maximum absolute atomic E-state index is 6.21. The van der Waals surface area contributed by atoms with Crippen LogP contribution in [0.4, 0.5) is 0 Å². The normalized spacial score (nSPS) is 11.8. The van der Waals surface area contributed by atoms with Gasteiger partial charge in [-0.2, -0.15) is 0 Å². The summed E-state index contributed by atoms with van der Waals surface area (Å²) in [5, 5.41) is 0.542. The molecule has 0 bridgehead atoms. The number of ether oxygens (including phenoxy) is 2. The molecule has 0 saturated carbocycles. The molecule has 106 valence electrons. The topological polar surface area (TPSA) is 44.5 Å². The second kappa shape index (κ2) is 7.41. The highest BCUT2D eigenvalue weighted by atomic mass is 35.5. The summed E-state index contributed by atoms with van der Waals surface area (Å²) in [6, 6.07) is 3.78. The summed E-state index contributed by atoms with van der Waals surface area (Å²) >= 11 is 6.21. The quantitative estimate of drug-likeness (QED) is 0.865. The molecule has 0 fully saturated rings. The number of hydrogen-bond donors (Lipinski definition) is 1. The van der Waals surface area contributed by atoms with Crippen molar-refractivity contribution in [1.29, 1.82) is 0 Å². The molecular weight excluding hydrogens is 262 g/mol. The van der Waals surface area contributed by atoms with E-state index < -0.39 is 0 Å². The largest absolute Gasteiger partial charge is 0.491 e. The van der Waals surface area contributed by atoms with E-state index >= 15 is 0 Å². The Kier molecular flexibility index (Phi) is 6.19. The third-order valence-corrected chi connectivity index (χ3v) is 3.15. The number of hydrogen-bond acceptors (Lipinski definition) is 3. The summed E-state index contributed by atoms with van der Waals surface area (Å²) < 4.78 is 10.8. The Balaban J connectivity index is 3.23. The zero-order valence-corrected chi connectivity index (χ0v) is 12.8.